The van der Waals surface area contributed by atoms with Crippen LogP contribution in [-0.4, -0.2) is 19.7 Å². The third-order valence-corrected chi connectivity index (χ3v) is 4.46. The molecular weight excluding hydrogens is 347 g/mol. The summed E-state index contributed by atoms with van der Waals surface area (Å²) in [4.78, 5) is 8.88. The molecule has 0 bridgehead atoms. The third-order valence-electron chi connectivity index (χ3n) is 4.46. The normalized spacial score (nSPS) is 11.3. The summed E-state index contributed by atoms with van der Waals surface area (Å²) in [6.07, 6.45) is 0.704. The summed E-state index contributed by atoms with van der Waals surface area (Å²) in [7, 11) is 1.90. The van der Waals surface area contributed by atoms with Crippen LogP contribution in [0.4, 0.5) is 4.39 Å². The van der Waals surface area contributed by atoms with Gasteiger partial charge in [0.2, 0.25) is 0 Å². The van der Waals surface area contributed by atoms with Crippen LogP contribution in [0.15, 0.2) is 40.9 Å². The van der Waals surface area contributed by atoms with E-state index >= 15 is 0 Å². The summed E-state index contributed by atoms with van der Waals surface area (Å²) in [5.74, 6) is 2.15. The number of rotatable bonds is 5. The van der Waals surface area contributed by atoms with Crippen molar-refractivity contribution < 1.29 is 13.7 Å². The van der Waals surface area contributed by atoms with Crippen molar-refractivity contribution in [1.82, 2.24) is 19.7 Å². The Balaban J connectivity index is 1.73. The van der Waals surface area contributed by atoms with Gasteiger partial charge < -0.3 is 13.8 Å². The van der Waals surface area contributed by atoms with Crippen molar-refractivity contribution in [3.05, 3.63) is 59.5 Å². The van der Waals surface area contributed by atoms with Crippen molar-refractivity contribution in [3.8, 4) is 17.1 Å². The first-order valence-electron chi connectivity index (χ1n) is 8.73. The van der Waals surface area contributed by atoms with Crippen LogP contribution >= 0.6 is 0 Å². The maximum atomic E-state index is 13.6. The van der Waals surface area contributed by atoms with Gasteiger partial charge in [0.1, 0.15) is 17.4 Å². The van der Waals surface area contributed by atoms with Crippen molar-refractivity contribution in [1.29, 1.82) is 0 Å². The molecule has 0 aliphatic rings. The number of benzene rings is 2. The molecule has 2 aromatic carbocycles. The summed E-state index contributed by atoms with van der Waals surface area (Å²) in [5.41, 5.74) is 3.23. The highest BCUT2D eigenvalue weighted by Crippen LogP contribution is 2.34. The Labute approximate surface area is 155 Å². The van der Waals surface area contributed by atoms with Gasteiger partial charge >= 0.3 is 0 Å². The van der Waals surface area contributed by atoms with Gasteiger partial charge in [-0.15, -0.1) is 0 Å². The Hall–Kier alpha value is -3.22. The highest BCUT2D eigenvalue weighted by molar-refractivity contribution is 5.82. The van der Waals surface area contributed by atoms with Crippen LogP contribution in [0.5, 0.6) is 5.75 Å². The van der Waals surface area contributed by atoms with Crippen LogP contribution in [-0.2, 0) is 20.1 Å². The van der Waals surface area contributed by atoms with Gasteiger partial charge in [-0.3, -0.25) is 0 Å². The maximum Gasteiger partial charge on any atom is 0.264 e. The molecule has 4 aromatic rings. The van der Waals surface area contributed by atoms with Crippen LogP contribution in [0.25, 0.3) is 22.4 Å². The summed E-state index contributed by atoms with van der Waals surface area (Å²) in [6.45, 7) is 4.10. The zero-order valence-corrected chi connectivity index (χ0v) is 15.4. The molecule has 0 amide bonds. The number of para-hydroxylation sites is 1. The van der Waals surface area contributed by atoms with Crippen LogP contribution in [0.1, 0.15) is 24.2 Å². The molecule has 0 fully saturated rings. The van der Waals surface area contributed by atoms with Crippen molar-refractivity contribution in [2.45, 2.75) is 26.9 Å². The van der Waals surface area contributed by atoms with Gasteiger partial charge in [0.25, 0.3) is 5.89 Å². The number of hydrogen-bond acceptors (Lipinski definition) is 5. The molecule has 0 saturated carbocycles. The zero-order valence-electron chi connectivity index (χ0n) is 15.4. The topological polar surface area (TPSA) is 66.0 Å². The van der Waals surface area contributed by atoms with Crippen molar-refractivity contribution in [2.24, 2.45) is 7.05 Å². The molecule has 6 nitrogen and oxygen atoms in total. The first-order chi connectivity index (χ1) is 13.1. The number of aryl methyl sites for hydroxylation is 3. The molecule has 2 heterocycles. The molecule has 0 radical (unpaired) electrons. The van der Waals surface area contributed by atoms with E-state index in [9.17, 15) is 4.39 Å². The second kappa shape index (κ2) is 6.83. The molecule has 4 rings (SSSR count). The number of imidazole rings is 1. The minimum absolute atomic E-state index is 0.170. The number of halogens is 1. The lowest BCUT2D eigenvalue weighted by atomic mass is 10.1. The van der Waals surface area contributed by atoms with E-state index in [-0.39, 0.29) is 12.4 Å². The lowest BCUT2D eigenvalue weighted by molar-refractivity contribution is 0.242. The van der Waals surface area contributed by atoms with Gasteiger partial charge in [-0.05, 0) is 30.7 Å². The van der Waals surface area contributed by atoms with E-state index in [2.05, 4.69) is 15.1 Å². The molecule has 0 atom stereocenters. The molecular formula is C20H19FN4O2. The van der Waals surface area contributed by atoms with Crippen LogP contribution < -0.4 is 4.74 Å². The molecule has 7 heteroatoms. The lowest BCUT2D eigenvalue weighted by Gasteiger charge is -2.13. The average molecular weight is 366 g/mol. The molecule has 0 spiro atoms. The second-order valence-electron chi connectivity index (χ2n) is 6.33. The monoisotopic (exact) mass is 366 g/mol. The first kappa shape index (κ1) is 17.2. The molecule has 27 heavy (non-hydrogen) atoms. The Morgan fingerprint density at radius 1 is 1.19 bits per heavy atom. The minimum Gasteiger partial charge on any atom is -0.483 e. The number of nitrogens with zero attached hydrogens (tertiary/aromatic N) is 4. The van der Waals surface area contributed by atoms with E-state index in [0.717, 1.165) is 16.6 Å². The molecule has 2 aromatic heterocycles. The van der Waals surface area contributed by atoms with E-state index in [1.165, 1.54) is 12.1 Å². The quantitative estimate of drug-likeness (QED) is 0.529. The Bertz CT molecular complexity index is 1120. The SMILES string of the molecule is CCc1noc(COc2c(C)cccc2-c2nc3cc(F)ccc3n2C)n1. The van der Waals surface area contributed by atoms with Gasteiger partial charge in [0.05, 0.1) is 16.6 Å². The van der Waals surface area contributed by atoms with E-state index in [0.29, 0.717) is 35.2 Å². The highest BCUT2D eigenvalue weighted by atomic mass is 19.1. The number of hydrogen-bond donors (Lipinski definition) is 0. The predicted molar refractivity (Wildman–Crippen MR) is 98.9 cm³/mol. The average Bonchev–Trinajstić information content (AvgIpc) is 3.25. The Morgan fingerprint density at radius 2 is 2.04 bits per heavy atom. The summed E-state index contributed by atoms with van der Waals surface area (Å²) < 4.78 is 26.7. The Morgan fingerprint density at radius 3 is 2.81 bits per heavy atom. The van der Waals surface area contributed by atoms with Crippen LogP contribution in [0.2, 0.25) is 0 Å². The molecule has 138 valence electrons. The largest absolute Gasteiger partial charge is 0.483 e. The number of fused-ring (bicyclic) bond motifs is 1. The van der Waals surface area contributed by atoms with E-state index in [1.54, 1.807) is 6.07 Å². The molecule has 0 N–H and O–H groups in total. The van der Waals surface area contributed by atoms with Crippen molar-refractivity contribution in [3.63, 3.8) is 0 Å². The van der Waals surface area contributed by atoms with E-state index < -0.39 is 0 Å². The number of aromatic nitrogens is 4. The number of ether oxygens (including phenoxy) is 1. The molecule has 0 aliphatic carbocycles. The fraction of sp³-hybridized carbons (Fsp3) is 0.250. The lowest BCUT2D eigenvalue weighted by Crippen LogP contribution is -2.01. The highest BCUT2D eigenvalue weighted by Gasteiger charge is 2.17. The van der Waals surface area contributed by atoms with Crippen LogP contribution in [0, 0.1) is 12.7 Å². The fourth-order valence-corrected chi connectivity index (χ4v) is 3.06. The standard InChI is InChI=1S/C20H19FN4O2/c1-4-17-23-18(27-24-17)11-26-19-12(2)6-5-7-14(19)20-22-15-10-13(21)8-9-16(15)25(20)3/h5-10H,4,11H2,1-3H3. The van der Waals surface area contributed by atoms with Gasteiger partial charge in [0.15, 0.2) is 12.4 Å². The third kappa shape index (κ3) is 3.16. The zero-order chi connectivity index (χ0) is 19.0. The van der Waals surface area contributed by atoms with Gasteiger partial charge in [-0.1, -0.05) is 24.2 Å². The molecule has 0 unspecified atom stereocenters. The van der Waals surface area contributed by atoms with Gasteiger partial charge in [-0.25, -0.2) is 9.37 Å². The predicted octanol–water partition coefficient (Wildman–Crippen LogP) is 4.21. The van der Waals surface area contributed by atoms with Gasteiger partial charge in [0, 0.05) is 19.5 Å². The van der Waals surface area contributed by atoms with Gasteiger partial charge in [-0.2, -0.15) is 4.98 Å². The van der Waals surface area contributed by atoms with Crippen molar-refractivity contribution in [2.75, 3.05) is 0 Å². The molecule has 0 saturated heterocycles. The van der Waals surface area contributed by atoms with Crippen LogP contribution in [0.3, 0.4) is 0 Å². The maximum absolute atomic E-state index is 13.6. The minimum atomic E-state index is -0.309. The smallest absolute Gasteiger partial charge is 0.264 e. The Kier molecular flexibility index (Phi) is 4.35. The molecule has 0 aliphatic heterocycles. The second-order valence-corrected chi connectivity index (χ2v) is 6.33. The first-order valence-corrected chi connectivity index (χ1v) is 8.73. The summed E-state index contributed by atoms with van der Waals surface area (Å²) in [6, 6.07) is 10.4. The van der Waals surface area contributed by atoms with E-state index in [1.807, 2.05) is 43.7 Å². The fourth-order valence-electron chi connectivity index (χ4n) is 3.06. The van der Waals surface area contributed by atoms with E-state index in [4.69, 9.17) is 9.26 Å². The van der Waals surface area contributed by atoms with Crippen molar-refractivity contribution >= 4 is 11.0 Å². The summed E-state index contributed by atoms with van der Waals surface area (Å²) in [5, 5.41) is 3.88. The summed E-state index contributed by atoms with van der Waals surface area (Å²) >= 11 is 0.